The molecule has 1 nitrogen and oxygen atoms in total. The maximum atomic E-state index is 13.1. The Morgan fingerprint density at radius 1 is 1.50 bits per heavy atom. The normalized spacial score (nSPS) is 41.2. The molecule has 0 spiro atoms. The highest BCUT2D eigenvalue weighted by molar-refractivity contribution is 4.92. The van der Waals surface area contributed by atoms with Gasteiger partial charge < -0.3 is 5.11 Å². The van der Waals surface area contributed by atoms with Crippen LogP contribution in [0.15, 0.2) is 0 Å². The van der Waals surface area contributed by atoms with E-state index in [9.17, 15) is 13.9 Å². The zero-order valence-corrected chi connectivity index (χ0v) is 7.61. The summed E-state index contributed by atoms with van der Waals surface area (Å²) in [6.07, 6.45) is 1.00. The molecule has 0 aromatic heterocycles. The first-order valence-electron chi connectivity index (χ1n) is 4.50. The zero-order valence-electron chi connectivity index (χ0n) is 7.61. The highest BCUT2D eigenvalue weighted by atomic mass is 19.3. The van der Waals surface area contributed by atoms with Crippen LogP contribution in [0.4, 0.5) is 8.78 Å². The van der Waals surface area contributed by atoms with Crippen LogP contribution >= 0.6 is 0 Å². The Kier molecular flexibility index (Phi) is 2.43. The molecule has 0 heterocycles. The van der Waals surface area contributed by atoms with Crippen LogP contribution in [0.25, 0.3) is 0 Å². The summed E-state index contributed by atoms with van der Waals surface area (Å²) in [6.45, 7) is 3.31. The van der Waals surface area contributed by atoms with Gasteiger partial charge in [-0.3, -0.25) is 0 Å². The van der Waals surface area contributed by atoms with Gasteiger partial charge in [-0.15, -0.1) is 0 Å². The average molecular weight is 178 g/mol. The fraction of sp³-hybridized carbons (Fsp3) is 1.00. The molecule has 3 heteroatoms. The third kappa shape index (κ3) is 1.76. The van der Waals surface area contributed by atoms with Crippen LogP contribution in [0.3, 0.4) is 0 Å². The first-order chi connectivity index (χ1) is 5.40. The quantitative estimate of drug-likeness (QED) is 0.654. The van der Waals surface area contributed by atoms with Gasteiger partial charge in [0.25, 0.3) is 5.92 Å². The van der Waals surface area contributed by atoms with Crippen molar-refractivity contribution < 1.29 is 13.9 Å². The van der Waals surface area contributed by atoms with Crippen LogP contribution in [0.5, 0.6) is 0 Å². The lowest BCUT2D eigenvalue weighted by Gasteiger charge is -2.39. The van der Waals surface area contributed by atoms with Crippen molar-refractivity contribution in [1.29, 1.82) is 0 Å². The van der Waals surface area contributed by atoms with Crippen molar-refractivity contribution in [2.45, 2.75) is 51.1 Å². The summed E-state index contributed by atoms with van der Waals surface area (Å²) in [5.41, 5.74) is -1.12. The number of halogens is 2. The molecule has 2 unspecified atom stereocenters. The Bertz CT molecular complexity index is 167. The molecule has 72 valence electrons. The van der Waals surface area contributed by atoms with Crippen molar-refractivity contribution in [3.63, 3.8) is 0 Å². The van der Waals surface area contributed by atoms with Gasteiger partial charge in [-0.2, -0.15) is 0 Å². The van der Waals surface area contributed by atoms with Gasteiger partial charge in [0.05, 0.1) is 5.60 Å². The van der Waals surface area contributed by atoms with Crippen LogP contribution in [0.1, 0.15) is 39.5 Å². The van der Waals surface area contributed by atoms with Crippen molar-refractivity contribution in [2.75, 3.05) is 0 Å². The largest absolute Gasteiger partial charge is 0.390 e. The molecule has 0 aromatic rings. The Labute approximate surface area is 71.8 Å². The summed E-state index contributed by atoms with van der Waals surface area (Å²) in [5.74, 6) is -3.26. The molecule has 1 aliphatic rings. The van der Waals surface area contributed by atoms with E-state index in [1.165, 1.54) is 0 Å². The molecule has 0 amide bonds. The molecular formula is C9H16F2O. The molecule has 1 aliphatic carbocycles. The molecule has 12 heavy (non-hydrogen) atoms. The molecule has 1 rings (SSSR count). The van der Waals surface area contributed by atoms with Crippen LogP contribution in [0.2, 0.25) is 0 Å². The monoisotopic (exact) mass is 178 g/mol. The van der Waals surface area contributed by atoms with Gasteiger partial charge in [0, 0.05) is 12.3 Å². The van der Waals surface area contributed by atoms with Gasteiger partial charge in [0.2, 0.25) is 0 Å². The summed E-state index contributed by atoms with van der Waals surface area (Å²) in [4.78, 5) is 0. The molecule has 0 radical (unpaired) electrons. The Hall–Kier alpha value is -0.180. The minimum absolute atomic E-state index is 0.363. The summed E-state index contributed by atoms with van der Waals surface area (Å²) >= 11 is 0. The van der Waals surface area contributed by atoms with E-state index in [0.29, 0.717) is 19.3 Å². The highest BCUT2D eigenvalue weighted by Crippen LogP contribution is 2.44. The molecule has 0 aromatic carbocycles. The Balaban J connectivity index is 2.68. The standard InChI is InChI=1S/C9H16F2O/c1-3-8(12)5-4-7(2)9(10,11)6-8/h7,12H,3-6H2,1-2H3. The van der Waals surface area contributed by atoms with Gasteiger partial charge in [0.15, 0.2) is 0 Å². The Morgan fingerprint density at radius 2 is 2.08 bits per heavy atom. The second-order valence-corrected chi connectivity index (χ2v) is 3.96. The average Bonchev–Trinajstić information content (AvgIpc) is 1.97. The minimum Gasteiger partial charge on any atom is -0.390 e. The Morgan fingerprint density at radius 3 is 2.50 bits per heavy atom. The lowest BCUT2D eigenvalue weighted by molar-refractivity contribution is -0.154. The first-order valence-corrected chi connectivity index (χ1v) is 4.50. The van der Waals surface area contributed by atoms with E-state index in [1.54, 1.807) is 13.8 Å². The number of alkyl halides is 2. The fourth-order valence-corrected chi connectivity index (χ4v) is 1.70. The number of rotatable bonds is 1. The van der Waals surface area contributed by atoms with Gasteiger partial charge in [-0.25, -0.2) is 8.78 Å². The molecule has 0 aliphatic heterocycles. The fourth-order valence-electron chi connectivity index (χ4n) is 1.70. The molecule has 2 atom stereocenters. The van der Waals surface area contributed by atoms with E-state index in [-0.39, 0.29) is 6.42 Å². The second-order valence-electron chi connectivity index (χ2n) is 3.96. The first kappa shape index (κ1) is 9.90. The van der Waals surface area contributed by atoms with Crippen LogP contribution in [-0.2, 0) is 0 Å². The molecule has 0 bridgehead atoms. The van der Waals surface area contributed by atoms with E-state index in [0.717, 1.165) is 0 Å². The smallest absolute Gasteiger partial charge is 0.253 e. The number of hydrogen-bond donors (Lipinski definition) is 1. The second kappa shape index (κ2) is 2.95. The van der Waals surface area contributed by atoms with Crippen LogP contribution in [-0.4, -0.2) is 16.6 Å². The summed E-state index contributed by atoms with van der Waals surface area (Å²) in [5, 5.41) is 9.65. The molecular weight excluding hydrogens is 162 g/mol. The van der Waals surface area contributed by atoms with Crippen molar-refractivity contribution in [1.82, 2.24) is 0 Å². The number of aliphatic hydroxyl groups is 1. The highest BCUT2D eigenvalue weighted by Gasteiger charge is 2.48. The van der Waals surface area contributed by atoms with Gasteiger partial charge in [-0.1, -0.05) is 13.8 Å². The molecule has 1 N–H and O–H groups in total. The van der Waals surface area contributed by atoms with Gasteiger partial charge >= 0.3 is 0 Å². The predicted molar refractivity (Wildman–Crippen MR) is 43.2 cm³/mol. The predicted octanol–water partition coefficient (Wildman–Crippen LogP) is 2.58. The van der Waals surface area contributed by atoms with E-state index in [1.807, 2.05) is 0 Å². The van der Waals surface area contributed by atoms with Crippen molar-refractivity contribution in [3.05, 3.63) is 0 Å². The molecule has 1 saturated carbocycles. The molecule has 0 saturated heterocycles. The maximum Gasteiger partial charge on any atom is 0.253 e. The topological polar surface area (TPSA) is 20.2 Å². The van der Waals surface area contributed by atoms with E-state index < -0.39 is 17.4 Å². The third-order valence-electron chi connectivity index (χ3n) is 2.99. The lowest BCUT2D eigenvalue weighted by atomic mass is 9.76. The van der Waals surface area contributed by atoms with Crippen LogP contribution < -0.4 is 0 Å². The van der Waals surface area contributed by atoms with E-state index in [4.69, 9.17) is 0 Å². The maximum absolute atomic E-state index is 13.1. The van der Waals surface area contributed by atoms with Crippen molar-refractivity contribution in [2.24, 2.45) is 5.92 Å². The van der Waals surface area contributed by atoms with Crippen molar-refractivity contribution in [3.8, 4) is 0 Å². The lowest BCUT2D eigenvalue weighted by Crippen LogP contribution is -2.44. The van der Waals surface area contributed by atoms with Crippen LogP contribution in [0, 0.1) is 5.92 Å². The summed E-state index contributed by atoms with van der Waals surface area (Å²) in [6, 6.07) is 0. The van der Waals surface area contributed by atoms with Gasteiger partial charge in [0.1, 0.15) is 0 Å². The molecule has 1 fully saturated rings. The minimum atomic E-state index is -2.68. The summed E-state index contributed by atoms with van der Waals surface area (Å²) in [7, 11) is 0. The summed E-state index contributed by atoms with van der Waals surface area (Å²) < 4.78 is 26.2. The van der Waals surface area contributed by atoms with E-state index in [2.05, 4.69) is 0 Å². The van der Waals surface area contributed by atoms with Crippen molar-refractivity contribution >= 4 is 0 Å². The third-order valence-corrected chi connectivity index (χ3v) is 2.99. The SMILES string of the molecule is CCC1(O)CCC(C)C(F)(F)C1. The number of hydrogen-bond acceptors (Lipinski definition) is 1. The van der Waals surface area contributed by atoms with E-state index >= 15 is 0 Å². The zero-order chi connectivity index (χ0) is 9.41. The van der Waals surface area contributed by atoms with Gasteiger partial charge in [-0.05, 0) is 19.3 Å².